The van der Waals surface area contributed by atoms with Gasteiger partial charge in [0, 0.05) is 12.6 Å². The average Bonchev–Trinajstić information content (AvgIpc) is 2.66. The van der Waals surface area contributed by atoms with Crippen molar-refractivity contribution in [3.63, 3.8) is 0 Å². The van der Waals surface area contributed by atoms with Crippen molar-refractivity contribution < 1.29 is 14.6 Å². The van der Waals surface area contributed by atoms with Gasteiger partial charge in [0.25, 0.3) is 0 Å². The first-order valence-electron chi connectivity index (χ1n) is 4.68. The molecule has 1 heterocycles. The summed E-state index contributed by atoms with van der Waals surface area (Å²) in [5.74, 6) is 1.42. The summed E-state index contributed by atoms with van der Waals surface area (Å²) in [6.07, 6.45) is 0.534. The van der Waals surface area contributed by atoms with Crippen molar-refractivity contribution in [3.05, 3.63) is 22.2 Å². The lowest BCUT2D eigenvalue weighted by atomic mass is 10.0. The van der Waals surface area contributed by atoms with Gasteiger partial charge in [0.15, 0.2) is 11.5 Å². The summed E-state index contributed by atoms with van der Waals surface area (Å²) in [4.78, 5) is 0. The molecular formula is C10H12BrNO3. The zero-order chi connectivity index (χ0) is 10.8. The normalized spacial score (nSPS) is 15.4. The molecule has 0 spiro atoms. The Balaban J connectivity index is 2.30. The summed E-state index contributed by atoms with van der Waals surface area (Å²) in [5.41, 5.74) is 6.82. The summed E-state index contributed by atoms with van der Waals surface area (Å²) in [5, 5.41) is 8.81. The monoisotopic (exact) mass is 273 g/mol. The number of ether oxygens (including phenoxy) is 2. The Labute approximate surface area is 96.1 Å². The maximum Gasteiger partial charge on any atom is 0.231 e. The first kappa shape index (κ1) is 10.7. The molecular weight excluding hydrogens is 262 g/mol. The first-order chi connectivity index (χ1) is 7.22. The highest BCUT2D eigenvalue weighted by Crippen LogP contribution is 2.41. The maximum absolute atomic E-state index is 8.81. The van der Waals surface area contributed by atoms with Crippen LogP contribution >= 0.6 is 15.9 Å². The summed E-state index contributed by atoms with van der Waals surface area (Å²) in [6.45, 7) is 0.319. The largest absolute Gasteiger partial charge is 0.454 e. The molecule has 0 radical (unpaired) electrons. The van der Waals surface area contributed by atoms with Gasteiger partial charge in [-0.15, -0.1) is 0 Å². The third kappa shape index (κ3) is 2.09. The van der Waals surface area contributed by atoms with E-state index < -0.39 is 0 Å². The van der Waals surface area contributed by atoms with Crippen molar-refractivity contribution >= 4 is 15.9 Å². The number of halogens is 1. The molecule has 0 saturated heterocycles. The fourth-order valence-corrected chi connectivity index (χ4v) is 2.08. The van der Waals surface area contributed by atoms with Crippen LogP contribution in [0.5, 0.6) is 11.5 Å². The van der Waals surface area contributed by atoms with Gasteiger partial charge in [-0.05, 0) is 40.0 Å². The van der Waals surface area contributed by atoms with Crippen molar-refractivity contribution in [1.82, 2.24) is 0 Å². The second-order valence-corrected chi connectivity index (χ2v) is 4.21. The van der Waals surface area contributed by atoms with Crippen LogP contribution in [0.4, 0.5) is 0 Å². The van der Waals surface area contributed by atoms with E-state index in [9.17, 15) is 0 Å². The van der Waals surface area contributed by atoms with Crippen LogP contribution < -0.4 is 15.2 Å². The molecule has 4 nitrogen and oxygen atoms in total. The molecule has 5 heteroatoms. The molecule has 0 amide bonds. The Morgan fingerprint density at radius 3 is 3.00 bits per heavy atom. The number of hydrogen-bond donors (Lipinski definition) is 2. The van der Waals surface area contributed by atoms with Gasteiger partial charge in [-0.2, -0.15) is 0 Å². The van der Waals surface area contributed by atoms with E-state index >= 15 is 0 Å². The Morgan fingerprint density at radius 2 is 2.27 bits per heavy atom. The lowest BCUT2D eigenvalue weighted by molar-refractivity contribution is 0.173. The highest BCUT2D eigenvalue weighted by molar-refractivity contribution is 9.10. The molecule has 0 saturated carbocycles. The second-order valence-electron chi connectivity index (χ2n) is 3.36. The SMILES string of the molecule is NC(CCO)c1cc(Br)c2c(c1)OCO2. The smallest absolute Gasteiger partial charge is 0.231 e. The van der Waals surface area contributed by atoms with Crippen molar-refractivity contribution in [1.29, 1.82) is 0 Å². The Bertz CT molecular complexity index is 370. The van der Waals surface area contributed by atoms with Gasteiger partial charge in [0.05, 0.1) is 4.47 Å². The lowest BCUT2D eigenvalue weighted by Gasteiger charge is -2.11. The van der Waals surface area contributed by atoms with Crippen molar-refractivity contribution in [2.24, 2.45) is 5.73 Å². The van der Waals surface area contributed by atoms with Crippen LogP contribution in [0, 0.1) is 0 Å². The molecule has 82 valence electrons. The molecule has 3 N–H and O–H groups in total. The van der Waals surface area contributed by atoms with Gasteiger partial charge in [-0.1, -0.05) is 0 Å². The molecule has 1 aromatic carbocycles. The molecule has 0 aliphatic carbocycles. The van der Waals surface area contributed by atoms with Crippen LogP contribution in [-0.2, 0) is 0 Å². The van der Waals surface area contributed by atoms with Crippen molar-refractivity contribution in [2.45, 2.75) is 12.5 Å². The van der Waals surface area contributed by atoms with Gasteiger partial charge in [0.1, 0.15) is 0 Å². The summed E-state index contributed by atoms with van der Waals surface area (Å²) in [7, 11) is 0. The number of rotatable bonds is 3. The van der Waals surface area contributed by atoms with E-state index in [2.05, 4.69) is 15.9 Å². The molecule has 1 aliphatic rings. The van der Waals surface area contributed by atoms with Crippen LogP contribution in [0.25, 0.3) is 0 Å². The molecule has 0 aromatic heterocycles. The van der Waals surface area contributed by atoms with Gasteiger partial charge in [0.2, 0.25) is 6.79 Å². The number of fused-ring (bicyclic) bond motifs is 1. The molecule has 0 bridgehead atoms. The van der Waals surface area contributed by atoms with Gasteiger partial charge < -0.3 is 20.3 Å². The minimum atomic E-state index is -0.180. The third-order valence-electron chi connectivity index (χ3n) is 2.32. The Hall–Kier alpha value is -0.780. The number of nitrogens with two attached hydrogens (primary N) is 1. The van der Waals surface area contributed by atoms with Crippen LogP contribution in [0.2, 0.25) is 0 Å². The molecule has 2 rings (SSSR count). The molecule has 15 heavy (non-hydrogen) atoms. The minimum absolute atomic E-state index is 0.0766. The zero-order valence-electron chi connectivity index (χ0n) is 8.07. The second kappa shape index (κ2) is 4.38. The summed E-state index contributed by atoms with van der Waals surface area (Å²) in [6, 6.07) is 3.57. The first-order valence-corrected chi connectivity index (χ1v) is 5.47. The van der Waals surface area contributed by atoms with Crippen molar-refractivity contribution in [3.8, 4) is 11.5 Å². The van der Waals surface area contributed by atoms with Gasteiger partial charge in [-0.3, -0.25) is 0 Å². The van der Waals surface area contributed by atoms with E-state index in [1.165, 1.54) is 0 Å². The van der Waals surface area contributed by atoms with Gasteiger partial charge in [-0.25, -0.2) is 0 Å². The van der Waals surface area contributed by atoms with Crippen LogP contribution in [0.1, 0.15) is 18.0 Å². The molecule has 1 aromatic rings. The third-order valence-corrected chi connectivity index (χ3v) is 2.91. The topological polar surface area (TPSA) is 64.7 Å². The van der Waals surface area contributed by atoms with E-state index in [4.69, 9.17) is 20.3 Å². The Morgan fingerprint density at radius 1 is 1.47 bits per heavy atom. The van der Waals surface area contributed by atoms with E-state index in [1.54, 1.807) is 0 Å². The lowest BCUT2D eigenvalue weighted by Crippen LogP contribution is -2.11. The van der Waals surface area contributed by atoms with E-state index in [0.717, 1.165) is 15.8 Å². The maximum atomic E-state index is 8.81. The summed E-state index contributed by atoms with van der Waals surface area (Å²) >= 11 is 3.39. The molecule has 1 atom stereocenters. The predicted octanol–water partition coefficient (Wildman–Crippen LogP) is 1.56. The van der Waals surface area contributed by atoms with Crippen molar-refractivity contribution in [2.75, 3.05) is 13.4 Å². The average molecular weight is 274 g/mol. The van der Waals surface area contributed by atoms with Gasteiger partial charge >= 0.3 is 0 Å². The number of hydrogen-bond acceptors (Lipinski definition) is 4. The van der Waals surface area contributed by atoms with E-state index in [-0.39, 0.29) is 19.4 Å². The molecule has 0 fully saturated rings. The number of benzene rings is 1. The molecule has 1 unspecified atom stereocenters. The predicted molar refractivity (Wildman–Crippen MR) is 58.9 cm³/mol. The fraction of sp³-hybridized carbons (Fsp3) is 0.400. The van der Waals surface area contributed by atoms with Crippen LogP contribution in [0.15, 0.2) is 16.6 Å². The quantitative estimate of drug-likeness (QED) is 0.878. The summed E-state index contributed by atoms with van der Waals surface area (Å²) < 4.78 is 11.4. The highest BCUT2D eigenvalue weighted by atomic mass is 79.9. The van der Waals surface area contributed by atoms with E-state index in [0.29, 0.717) is 12.2 Å². The number of aliphatic hydroxyl groups is 1. The van der Waals surface area contributed by atoms with Crippen LogP contribution in [0.3, 0.4) is 0 Å². The highest BCUT2D eigenvalue weighted by Gasteiger charge is 2.19. The van der Waals surface area contributed by atoms with E-state index in [1.807, 2.05) is 12.1 Å². The fourth-order valence-electron chi connectivity index (χ4n) is 1.51. The standard InChI is InChI=1S/C10H12BrNO3/c11-7-3-6(8(12)1-2-13)4-9-10(7)15-5-14-9/h3-4,8,13H,1-2,5,12H2. The number of aliphatic hydroxyl groups excluding tert-OH is 1. The van der Waals surface area contributed by atoms with Crippen LogP contribution in [-0.4, -0.2) is 18.5 Å². The minimum Gasteiger partial charge on any atom is -0.454 e. The Kier molecular flexibility index (Phi) is 3.14. The zero-order valence-corrected chi connectivity index (χ0v) is 9.66. The molecule has 1 aliphatic heterocycles.